The van der Waals surface area contributed by atoms with E-state index in [4.69, 9.17) is 9.72 Å². The summed E-state index contributed by atoms with van der Waals surface area (Å²) in [5.41, 5.74) is 2.81. The molecule has 5 rings (SSSR count). The smallest absolute Gasteiger partial charge is 0.293 e. The summed E-state index contributed by atoms with van der Waals surface area (Å²) < 4.78 is 7.27. The van der Waals surface area contributed by atoms with Crippen molar-refractivity contribution in [3.8, 4) is 5.75 Å². The van der Waals surface area contributed by atoms with Gasteiger partial charge in [-0.05, 0) is 57.9 Å². The molecule has 1 amide bonds. The standard InChI is InChI=1S/C28H36N6O3.C2H6/c1-18(2)34-22-9-8-21(12-20(22)13-23(26(34)36)37-15-24(35)29-4)31-25-19(3)14-30-27(32-25)33-16-28(17-33)10-6-5-7-11-28;1-2/h8-9,12-14,18H,5-7,10-11,15-17H2,1-4H3,(H,29,35)(H,30,31,32);1-2H3. The third-order valence-electron chi connectivity index (χ3n) is 7.63. The van der Waals surface area contributed by atoms with E-state index in [0.717, 1.165) is 47.0 Å². The number of nitrogens with one attached hydrogen (secondary N) is 2. The van der Waals surface area contributed by atoms with Crippen LogP contribution in [0.4, 0.5) is 17.5 Å². The molecular weight excluding hydrogens is 492 g/mol. The van der Waals surface area contributed by atoms with Gasteiger partial charge >= 0.3 is 0 Å². The van der Waals surface area contributed by atoms with E-state index in [1.165, 1.54) is 39.2 Å². The average molecular weight is 535 g/mol. The first kappa shape index (κ1) is 28.4. The maximum absolute atomic E-state index is 13.1. The number of aromatic nitrogens is 3. The lowest BCUT2D eigenvalue weighted by Gasteiger charge is -2.52. The molecule has 3 aromatic rings. The van der Waals surface area contributed by atoms with Crippen LogP contribution >= 0.6 is 0 Å². The Hall–Kier alpha value is -3.62. The number of amides is 1. The molecule has 1 aromatic carbocycles. The van der Waals surface area contributed by atoms with E-state index in [1.807, 2.05) is 59.0 Å². The van der Waals surface area contributed by atoms with Gasteiger partial charge in [0.2, 0.25) is 5.95 Å². The predicted octanol–water partition coefficient (Wildman–Crippen LogP) is 5.35. The van der Waals surface area contributed by atoms with Crippen LogP contribution in [0.3, 0.4) is 0 Å². The zero-order valence-electron chi connectivity index (χ0n) is 24.1. The highest BCUT2D eigenvalue weighted by atomic mass is 16.5. The second-order valence-electron chi connectivity index (χ2n) is 10.8. The summed E-state index contributed by atoms with van der Waals surface area (Å²) >= 11 is 0. The Bertz CT molecular complexity index is 1370. The molecule has 9 heteroatoms. The summed E-state index contributed by atoms with van der Waals surface area (Å²) in [6.45, 7) is 11.8. The van der Waals surface area contributed by atoms with Crippen molar-refractivity contribution >= 4 is 34.3 Å². The molecule has 39 heavy (non-hydrogen) atoms. The minimum absolute atomic E-state index is 0.0759. The number of pyridine rings is 1. The summed E-state index contributed by atoms with van der Waals surface area (Å²) in [6.07, 6.45) is 8.53. The number of nitrogens with zero attached hydrogens (tertiary/aromatic N) is 4. The fourth-order valence-electron chi connectivity index (χ4n) is 5.60. The van der Waals surface area contributed by atoms with Crippen LogP contribution in [0.25, 0.3) is 10.9 Å². The number of hydrogen-bond acceptors (Lipinski definition) is 7. The van der Waals surface area contributed by atoms with E-state index in [1.54, 1.807) is 10.6 Å². The minimum atomic E-state index is -0.294. The largest absolute Gasteiger partial charge is 0.478 e. The van der Waals surface area contributed by atoms with Crippen molar-refractivity contribution in [2.45, 2.75) is 72.8 Å². The van der Waals surface area contributed by atoms with Crippen LogP contribution in [0.15, 0.2) is 35.3 Å². The molecule has 210 valence electrons. The minimum Gasteiger partial charge on any atom is -0.478 e. The first-order valence-electron chi connectivity index (χ1n) is 14.2. The van der Waals surface area contributed by atoms with Gasteiger partial charge in [-0.1, -0.05) is 33.1 Å². The monoisotopic (exact) mass is 534 g/mol. The summed E-state index contributed by atoms with van der Waals surface area (Å²) in [6, 6.07) is 7.48. The third-order valence-corrected chi connectivity index (χ3v) is 7.63. The molecule has 0 atom stereocenters. The van der Waals surface area contributed by atoms with Crippen LogP contribution in [0, 0.1) is 12.3 Å². The molecule has 0 unspecified atom stereocenters. The van der Waals surface area contributed by atoms with Crippen LogP contribution in [0.2, 0.25) is 0 Å². The van der Waals surface area contributed by atoms with Gasteiger partial charge in [-0.3, -0.25) is 9.59 Å². The van der Waals surface area contributed by atoms with Crippen LogP contribution in [-0.2, 0) is 4.79 Å². The molecule has 1 saturated heterocycles. The molecule has 1 spiro atoms. The molecule has 1 saturated carbocycles. The summed E-state index contributed by atoms with van der Waals surface area (Å²) in [7, 11) is 1.53. The Morgan fingerprint density at radius 3 is 2.51 bits per heavy atom. The highest BCUT2D eigenvalue weighted by molar-refractivity contribution is 5.85. The molecular formula is C30H42N6O3. The zero-order chi connectivity index (χ0) is 28.2. The zero-order valence-corrected chi connectivity index (χ0v) is 24.1. The van der Waals surface area contributed by atoms with Crippen molar-refractivity contribution in [2.75, 3.05) is 37.0 Å². The Kier molecular flexibility index (Phi) is 8.77. The molecule has 0 radical (unpaired) electrons. The van der Waals surface area contributed by atoms with Crippen molar-refractivity contribution in [3.05, 3.63) is 46.4 Å². The molecule has 2 aliphatic rings. The van der Waals surface area contributed by atoms with Gasteiger partial charge < -0.3 is 24.8 Å². The first-order valence-corrected chi connectivity index (χ1v) is 14.2. The summed E-state index contributed by atoms with van der Waals surface area (Å²) in [5.74, 6) is 1.39. The second kappa shape index (κ2) is 12.1. The maximum atomic E-state index is 13.1. The predicted molar refractivity (Wildman–Crippen MR) is 157 cm³/mol. The molecule has 9 nitrogen and oxygen atoms in total. The Balaban J connectivity index is 0.00000172. The van der Waals surface area contributed by atoms with Crippen LogP contribution < -0.4 is 25.8 Å². The van der Waals surface area contributed by atoms with Crippen molar-refractivity contribution in [3.63, 3.8) is 0 Å². The number of likely N-dealkylation sites (N-methyl/N-ethyl adjacent to an activating group) is 1. The molecule has 1 aliphatic carbocycles. The van der Waals surface area contributed by atoms with Gasteiger partial charge in [0.15, 0.2) is 12.4 Å². The van der Waals surface area contributed by atoms with Gasteiger partial charge in [0.1, 0.15) is 5.82 Å². The van der Waals surface area contributed by atoms with Crippen LogP contribution in [0.5, 0.6) is 5.75 Å². The molecule has 1 aliphatic heterocycles. The maximum Gasteiger partial charge on any atom is 0.293 e. The fraction of sp³-hybridized carbons (Fsp3) is 0.533. The summed E-state index contributed by atoms with van der Waals surface area (Å²) in [5, 5.41) is 6.79. The average Bonchev–Trinajstić information content (AvgIpc) is 2.93. The first-order chi connectivity index (χ1) is 18.8. The van der Waals surface area contributed by atoms with Gasteiger partial charge in [0, 0.05) is 54.4 Å². The van der Waals surface area contributed by atoms with E-state index < -0.39 is 0 Å². The van der Waals surface area contributed by atoms with Crippen LogP contribution in [0.1, 0.15) is 71.4 Å². The van der Waals surface area contributed by atoms with E-state index in [2.05, 4.69) is 20.5 Å². The Labute approximate surface area is 231 Å². The fourth-order valence-corrected chi connectivity index (χ4v) is 5.60. The Morgan fingerprint density at radius 1 is 1.13 bits per heavy atom. The van der Waals surface area contributed by atoms with E-state index in [9.17, 15) is 9.59 Å². The van der Waals surface area contributed by atoms with Gasteiger partial charge in [-0.2, -0.15) is 4.98 Å². The Morgan fingerprint density at radius 2 is 1.85 bits per heavy atom. The van der Waals surface area contributed by atoms with Gasteiger partial charge in [0.05, 0.1) is 5.52 Å². The number of aryl methyl sites for hydroxylation is 1. The lowest BCUT2D eigenvalue weighted by Crippen LogP contribution is -2.57. The van der Waals surface area contributed by atoms with Crippen LogP contribution in [-0.4, -0.2) is 47.2 Å². The third kappa shape index (κ3) is 6.02. The number of benzene rings is 1. The number of carbonyl (C=O) groups excluding carboxylic acids is 1. The molecule has 2 aromatic heterocycles. The quantitative estimate of drug-likeness (QED) is 0.422. The number of carbonyl (C=O) groups is 1. The van der Waals surface area contributed by atoms with Crippen molar-refractivity contribution < 1.29 is 9.53 Å². The molecule has 2 N–H and O–H groups in total. The second-order valence-corrected chi connectivity index (χ2v) is 10.8. The highest BCUT2D eigenvalue weighted by Gasteiger charge is 2.44. The van der Waals surface area contributed by atoms with E-state index in [-0.39, 0.29) is 29.9 Å². The number of anilines is 3. The topological polar surface area (TPSA) is 101 Å². The number of rotatable bonds is 7. The molecule has 2 fully saturated rings. The van der Waals surface area contributed by atoms with E-state index in [0.29, 0.717) is 5.41 Å². The molecule has 3 heterocycles. The van der Waals surface area contributed by atoms with Crippen molar-refractivity contribution in [2.24, 2.45) is 5.41 Å². The van der Waals surface area contributed by atoms with Gasteiger partial charge in [-0.25, -0.2) is 4.98 Å². The summed E-state index contributed by atoms with van der Waals surface area (Å²) in [4.78, 5) is 36.5. The highest BCUT2D eigenvalue weighted by Crippen LogP contribution is 2.44. The number of ether oxygens (including phenoxy) is 1. The molecule has 0 bridgehead atoms. The number of hydrogen-bond donors (Lipinski definition) is 2. The SMILES string of the molecule is CC.CNC(=O)COc1cc2cc(Nc3nc(N4CC5(CCCCC5)C4)ncc3C)ccc2n(C(C)C)c1=O. The van der Waals surface area contributed by atoms with Crippen molar-refractivity contribution in [1.82, 2.24) is 19.9 Å². The number of fused-ring (bicyclic) bond motifs is 1. The lowest BCUT2D eigenvalue weighted by molar-refractivity contribution is -0.122. The van der Waals surface area contributed by atoms with E-state index >= 15 is 0 Å². The van der Waals surface area contributed by atoms with Gasteiger partial charge in [0.25, 0.3) is 11.5 Å². The normalized spacial score (nSPS) is 15.9. The lowest BCUT2D eigenvalue weighted by atomic mass is 9.69. The van der Waals surface area contributed by atoms with Gasteiger partial charge in [-0.15, -0.1) is 0 Å². The van der Waals surface area contributed by atoms with Crippen molar-refractivity contribution in [1.29, 1.82) is 0 Å².